The van der Waals surface area contributed by atoms with Gasteiger partial charge in [0.1, 0.15) is 0 Å². The maximum Gasteiger partial charge on any atom is 0.241 e. The summed E-state index contributed by atoms with van der Waals surface area (Å²) in [6, 6.07) is 2.84. The zero-order valence-corrected chi connectivity index (χ0v) is 14.0. The summed E-state index contributed by atoms with van der Waals surface area (Å²) >= 11 is 5.92. The number of nitrogens with zero attached hydrogens (tertiary/aromatic N) is 1. The fourth-order valence-corrected chi connectivity index (χ4v) is 4.50. The smallest absolute Gasteiger partial charge is 0.241 e. The van der Waals surface area contributed by atoms with Gasteiger partial charge in [0.2, 0.25) is 10.0 Å². The van der Waals surface area contributed by atoms with Gasteiger partial charge in [0.15, 0.2) is 0 Å². The van der Waals surface area contributed by atoms with Crippen molar-refractivity contribution in [3.8, 4) is 0 Å². The van der Waals surface area contributed by atoms with Gasteiger partial charge in [-0.1, -0.05) is 11.6 Å². The molecule has 1 aliphatic heterocycles. The Morgan fingerprint density at radius 1 is 1.38 bits per heavy atom. The first kappa shape index (κ1) is 16.5. The zero-order chi connectivity index (χ0) is 15.6. The van der Waals surface area contributed by atoms with Crippen molar-refractivity contribution >= 4 is 27.3 Å². The fourth-order valence-electron chi connectivity index (χ4n) is 2.67. The lowest BCUT2D eigenvalue weighted by Gasteiger charge is -2.21. The SMILES string of the molecule is Cc1c(N)cc(Cl)cc1S(=O)(=O)NC(C)CN1CCCC1. The molecule has 0 amide bonds. The van der Waals surface area contributed by atoms with Crippen molar-refractivity contribution in [3.05, 3.63) is 22.7 Å². The van der Waals surface area contributed by atoms with Gasteiger partial charge in [-0.2, -0.15) is 0 Å². The van der Waals surface area contributed by atoms with Crippen molar-refractivity contribution in [3.63, 3.8) is 0 Å². The molecule has 0 aromatic heterocycles. The molecule has 0 spiro atoms. The Bertz CT molecular complexity index is 613. The van der Waals surface area contributed by atoms with Crippen LogP contribution >= 0.6 is 11.6 Å². The van der Waals surface area contributed by atoms with Crippen LogP contribution in [0.3, 0.4) is 0 Å². The van der Waals surface area contributed by atoms with Crippen LogP contribution in [-0.2, 0) is 10.0 Å². The largest absolute Gasteiger partial charge is 0.398 e. The molecule has 5 nitrogen and oxygen atoms in total. The summed E-state index contributed by atoms with van der Waals surface area (Å²) in [5, 5.41) is 0.325. The molecule has 0 saturated carbocycles. The van der Waals surface area contributed by atoms with Gasteiger partial charge >= 0.3 is 0 Å². The maximum atomic E-state index is 12.5. The molecule has 0 bridgehead atoms. The minimum absolute atomic E-state index is 0.153. The molecule has 1 atom stereocenters. The number of sulfonamides is 1. The van der Waals surface area contributed by atoms with Crippen LogP contribution in [0.4, 0.5) is 5.69 Å². The zero-order valence-electron chi connectivity index (χ0n) is 12.4. The van der Waals surface area contributed by atoms with Crippen molar-refractivity contribution in [1.82, 2.24) is 9.62 Å². The number of likely N-dealkylation sites (tertiary alicyclic amines) is 1. The first-order valence-corrected chi connectivity index (χ1v) is 8.96. The number of anilines is 1. The molecule has 1 unspecified atom stereocenters. The highest BCUT2D eigenvalue weighted by atomic mass is 35.5. The number of rotatable bonds is 5. The van der Waals surface area contributed by atoms with Crippen LogP contribution in [0.1, 0.15) is 25.3 Å². The van der Waals surface area contributed by atoms with Crippen LogP contribution < -0.4 is 10.5 Å². The first-order chi connectivity index (χ1) is 9.79. The van der Waals surface area contributed by atoms with Crippen molar-refractivity contribution < 1.29 is 8.42 Å². The molecule has 118 valence electrons. The highest BCUT2D eigenvalue weighted by Crippen LogP contribution is 2.26. The molecule has 21 heavy (non-hydrogen) atoms. The summed E-state index contributed by atoms with van der Waals surface area (Å²) in [6.07, 6.45) is 2.37. The Hall–Kier alpha value is -0.820. The maximum absolute atomic E-state index is 12.5. The number of hydrogen-bond donors (Lipinski definition) is 2. The van der Waals surface area contributed by atoms with Crippen LogP contribution in [0, 0.1) is 6.92 Å². The quantitative estimate of drug-likeness (QED) is 0.809. The molecule has 7 heteroatoms. The van der Waals surface area contributed by atoms with Gasteiger partial charge in [0.25, 0.3) is 0 Å². The lowest BCUT2D eigenvalue weighted by atomic mass is 10.2. The average Bonchev–Trinajstić information content (AvgIpc) is 2.85. The first-order valence-electron chi connectivity index (χ1n) is 7.10. The van der Waals surface area contributed by atoms with Crippen molar-refractivity contribution in [1.29, 1.82) is 0 Å². The lowest BCUT2D eigenvalue weighted by molar-refractivity contribution is 0.313. The van der Waals surface area contributed by atoms with E-state index in [-0.39, 0.29) is 10.9 Å². The topological polar surface area (TPSA) is 75.4 Å². The van der Waals surface area contributed by atoms with E-state index in [0.717, 1.165) is 13.1 Å². The Morgan fingerprint density at radius 3 is 2.62 bits per heavy atom. The number of nitrogens with two attached hydrogens (primary N) is 1. The molecule has 1 aromatic rings. The minimum Gasteiger partial charge on any atom is -0.398 e. The third kappa shape index (κ3) is 4.10. The van der Waals surface area contributed by atoms with E-state index in [4.69, 9.17) is 17.3 Å². The van der Waals surface area contributed by atoms with Crippen LogP contribution in [0.5, 0.6) is 0 Å². The molecule has 3 N–H and O–H groups in total. The summed E-state index contributed by atoms with van der Waals surface area (Å²) in [7, 11) is -3.62. The second kappa shape index (κ2) is 6.52. The molecule has 1 aromatic carbocycles. The van der Waals surface area contributed by atoms with E-state index in [2.05, 4.69) is 9.62 Å². The standard InChI is InChI=1S/C14H22ClN3O2S/c1-10(9-18-5-3-4-6-18)17-21(19,20)14-8-12(15)7-13(16)11(14)2/h7-8,10,17H,3-6,9,16H2,1-2H3. The van der Waals surface area contributed by atoms with E-state index in [1.165, 1.54) is 18.9 Å². The van der Waals surface area contributed by atoms with E-state index in [0.29, 0.717) is 22.8 Å². The fraction of sp³-hybridized carbons (Fsp3) is 0.571. The Morgan fingerprint density at radius 2 is 2.00 bits per heavy atom. The van der Waals surface area contributed by atoms with Gasteiger partial charge in [-0.25, -0.2) is 13.1 Å². The summed E-state index contributed by atoms with van der Waals surface area (Å²) < 4.78 is 27.7. The summed E-state index contributed by atoms with van der Waals surface area (Å²) in [5.74, 6) is 0. The van der Waals surface area contributed by atoms with Gasteiger partial charge in [-0.05, 0) is 57.5 Å². The third-order valence-corrected chi connectivity index (χ3v) is 5.68. The lowest BCUT2D eigenvalue weighted by Crippen LogP contribution is -2.41. The number of halogens is 1. The second-order valence-corrected chi connectivity index (χ2v) is 7.77. The molecular formula is C14H22ClN3O2S. The normalized spacial score (nSPS) is 18.0. The van der Waals surface area contributed by atoms with Crippen LogP contribution in [0.15, 0.2) is 17.0 Å². The third-order valence-electron chi connectivity index (χ3n) is 3.74. The number of benzene rings is 1. The van der Waals surface area contributed by atoms with E-state index < -0.39 is 10.0 Å². The predicted octanol–water partition coefficient (Wildman–Crippen LogP) is 1.99. The van der Waals surface area contributed by atoms with Crippen molar-refractivity contribution in [2.24, 2.45) is 0 Å². The minimum atomic E-state index is -3.62. The number of nitrogen functional groups attached to an aromatic ring is 1. The van der Waals surface area contributed by atoms with Crippen LogP contribution in [0.25, 0.3) is 0 Å². The number of nitrogens with one attached hydrogen (secondary N) is 1. The monoisotopic (exact) mass is 331 g/mol. The van der Waals surface area contributed by atoms with Crippen LogP contribution in [0.2, 0.25) is 5.02 Å². The van der Waals surface area contributed by atoms with Crippen molar-refractivity contribution in [2.45, 2.75) is 37.6 Å². The van der Waals surface area contributed by atoms with Gasteiger partial charge in [-0.15, -0.1) is 0 Å². The van der Waals surface area contributed by atoms with Gasteiger partial charge < -0.3 is 10.6 Å². The molecule has 0 aliphatic carbocycles. The second-order valence-electron chi connectivity index (χ2n) is 5.65. The van der Waals surface area contributed by atoms with Gasteiger partial charge in [0, 0.05) is 23.3 Å². The van der Waals surface area contributed by atoms with Gasteiger partial charge in [0.05, 0.1) is 4.90 Å². The van der Waals surface area contributed by atoms with Crippen LogP contribution in [-0.4, -0.2) is 39.0 Å². The molecule has 1 aliphatic rings. The summed E-state index contributed by atoms with van der Waals surface area (Å²) in [5.41, 5.74) is 6.71. The molecule has 0 radical (unpaired) electrons. The van der Waals surface area contributed by atoms with E-state index in [1.54, 1.807) is 13.0 Å². The Labute approximate surface area is 131 Å². The Balaban J connectivity index is 2.14. The highest BCUT2D eigenvalue weighted by molar-refractivity contribution is 7.89. The molecule has 1 heterocycles. The average molecular weight is 332 g/mol. The van der Waals surface area contributed by atoms with Gasteiger partial charge in [-0.3, -0.25) is 0 Å². The van der Waals surface area contributed by atoms with Crippen molar-refractivity contribution in [2.75, 3.05) is 25.4 Å². The Kier molecular flexibility index (Phi) is 5.14. The highest BCUT2D eigenvalue weighted by Gasteiger charge is 2.23. The molecule has 2 rings (SSSR count). The predicted molar refractivity (Wildman–Crippen MR) is 86.1 cm³/mol. The molecule has 1 saturated heterocycles. The molecular weight excluding hydrogens is 310 g/mol. The van der Waals surface area contributed by atoms with E-state index >= 15 is 0 Å². The number of hydrogen-bond acceptors (Lipinski definition) is 4. The summed E-state index contributed by atoms with van der Waals surface area (Å²) in [4.78, 5) is 2.42. The van der Waals surface area contributed by atoms with E-state index in [9.17, 15) is 8.42 Å². The molecule has 1 fully saturated rings. The summed E-state index contributed by atoms with van der Waals surface area (Å²) in [6.45, 7) is 6.35. The van der Waals surface area contributed by atoms with E-state index in [1.807, 2.05) is 6.92 Å².